The van der Waals surface area contributed by atoms with Crippen molar-refractivity contribution in [3.63, 3.8) is 0 Å². The quantitative estimate of drug-likeness (QED) is 0.669. The molecule has 0 aromatic heterocycles. The van der Waals surface area contributed by atoms with Crippen LogP contribution in [0.15, 0.2) is 34.9 Å². The summed E-state index contributed by atoms with van der Waals surface area (Å²) in [4.78, 5) is 24.3. The monoisotopic (exact) mass is 399 g/mol. The summed E-state index contributed by atoms with van der Waals surface area (Å²) in [6.07, 6.45) is 0.708. The van der Waals surface area contributed by atoms with E-state index in [1.165, 1.54) is 0 Å². The van der Waals surface area contributed by atoms with Crippen LogP contribution in [0.2, 0.25) is 0 Å². The minimum absolute atomic E-state index is 0.0438. The van der Waals surface area contributed by atoms with Crippen molar-refractivity contribution < 1.29 is 19.1 Å². The number of hydrogen-bond acceptors (Lipinski definition) is 7. The number of amides is 1. The van der Waals surface area contributed by atoms with Crippen molar-refractivity contribution in [2.45, 2.75) is 26.2 Å². The smallest absolute Gasteiger partial charge is 0.316 e. The molecule has 0 fully saturated rings. The molecular weight excluding hydrogens is 378 g/mol. The van der Waals surface area contributed by atoms with Crippen molar-refractivity contribution >= 4 is 23.6 Å². The van der Waals surface area contributed by atoms with Crippen LogP contribution >= 0.6 is 11.8 Å². The van der Waals surface area contributed by atoms with E-state index in [4.69, 9.17) is 9.47 Å². The van der Waals surface area contributed by atoms with Gasteiger partial charge >= 0.3 is 5.97 Å². The molecule has 1 aromatic carbocycles. The molecule has 1 amide bonds. The fourth-order valence-corrected chi connectivity index (χ4v) is 3.68. The first-order valence-corrected chi connectivity index (χ1v) is 9.90. The zero-order valence-electron chi connectivity index (χ0n) is 15.7. The number of nitrogens with zero attached hydrogens (tertiary/aromatic N) is 2. The summed E-state index contributed by atoms with van der Waals surface area (Å²) in [7, 11) is 0. The fraction of sp³-hybridized carbons (Fsp3) is 0.400. The molecular formula is C20H21N3O4S. The van der Waals surface area contributed by atoms with E-state index in [-0.39, 0.29) is 16.4 Å². The molecule has 7 nitrogen and oxygen atoms in total. The van der Waals surface area contributed by atoms with Crippen LogP contribution in [-0.4, -0.2) is 30.8 Å². The summed E-state index contributed by atoms with van der Waals surface area (Å²) in [6.45, 7) is 4.44. The molecule has 1 N–H and O–H groups in total. The van der Waals surface area contributed by atoms with Crippen LogP contribution in [0.4, 0.5) is 0 Å². The number of carbonyl (C=O) groups is 2. The van der Waals surface area contributed by atoms with E-state index in [1.807, 2.05) is 19.9 Å². The van der Waals surface area contributed by atoms with Crippen LogP contribution in [0, 0.1) is 28.6 Å². The van der Waals surface area contributed by atoms with Gasteiger partial charge in [-0.05, 0) is 19.4 Å². The average molecular weight is 399 g/mol. The van der Waals surface area contributed by atoms with Crippen molar-refractivity contribution in [3.05, 3.63) is 40.4 Å². The molecule has 0 saturated carbocycles. The number of rotatable bonds is 8. The largest absolute Gasteiger partial charge is 0.494 e. The van der Waals surface area contributed by atoms with Gasteiger partial charge in [-0.2, -0.15) is 10.5 Å². The molecule has 1 aliphatic heterocycles. The Morgan fingerprint density at radius 2 is 2.04 bits per heavy atom. The van der Waals surface area contributed by atoms with Gasteiger partial charge < -0.3 is 14.8 Å². The molecule has 0 spiro atoms. The van der Waals surface area contributed by atoms with E-state index in [0.29, 0.717) is 30.9 Å². The zero-order chi connectivity index (χ0) is 20.5. The maximum absolute atomic E-state index is 12.5. The number of nitrogens with one attached hydrogen (secondary N) is 1. The van der Waals surface area contributed by atoms with E-state index in [1.54, 1.807) is 24.3 Å². The molecule has 0 bridgehead atoms. The van der Waals surface area contributed by atoms with Gasteiger partial charge in [0.05, 0.1) is 47.6 Å². The number of carbonyl (C=O) groups excluding carboxylic acids is 2. The molecule has 1 heterocycles. The van der Waals surface area contributed by atoms with Crippen LogP contribution in [0.3, 0.4) is 0 Å². The Morgan fingerprint density at radius 1 is 1.29 bits per heavy atom. The highest BCUT2D eigenvalue weighted by atomic mass is 32.2. The third kappa shape index (κ3) is 4.85. The van der Waals surface area contributed by atoms with Gasteiger partial charge in [-0.1, -0.05) is 36.9 Å². The minimum atomic E-state index is -1.08. The molecule has 1 aliphatic rings. The van der Waals surface area contributed by atoms with Crippen molar-refractivity contribution in [1.29, 1.82) is 10.5 Å². The van der Waals surface area contributed by atoms with E-state index in [2.05, 4.69) is 11.4 Å². The lowest BCUT2D eigenvalue weighted by molar-refractivity contribution is -0.140. The van der Waals surface area contributed by atoms with E-state index < -0.39 is 23.7 Å². The van der Waals surface area contributed by atoms with Crippen LogP contribution in [0.1, 0.15) is 31.7 Å². The Hall–Kier alpha value is -2.97. The standard InChI is InChI=1S/C20H21N3O4S/c1-3-9-27-17(24)12-28-20-15(11-22)18(14(10-21)19(25)23-20)13-7-5-6-8-16(13)26-4-2/h5-8,14,18H,3-4,9,12H2,1-2H3,(H,23,25)/t14-,18+/m1/s1. The molecule has 1 aromatic rings. The van der Waals surface area contributed by atoms with Crippen molar-refractivity contribution in [2.24, 2.45) is 5.92 Å². The maximum Gasteiger partial charge on any atom is 0.316 e. The summed E-state index contributed by atoms with van der Waals surface area (Å²) >= 11 is 1.02. The van der Waals surface area contributed by atoms with Gasteiger partial charge in [0.2, 0.25) is 5.91 Å². The number of nitriles is 2. The summed E-state index contributed by atoms with van der Waals surface area (Å²) in [6, 6.07) is 11.1. The third-order valence-corrected chi connectivity index (χ3v) is 5.01. The first-order valence-electron chi connectivity index (χ1n) is 8.92. The Balaban J connectivity index is 2.43. The number of allylic oxidation sites excluding steroid dienone is 1. The lowest BCUT2D eigenvalue weighted by Gasteiger charge is -2.29. The first-order chi connectivity index (χ1) is 13.6. The zero-order valence-corrected chi connectivity index (χ0v) is 16.5. The molecule has 2 atom stereocenters. The molecule has 0 unspecified atom stereocenters. The highest BCUT2D eigenvalue weighted by molar-refractivity contribution is 8.03. The number of thioether (sulfide) groups is 1. The topological polar surface area (TPSA) is 112 Å². The van der Waals surface area contributed by atoms with E-state index >= 15 is 0 Å². The second kappa shape index (κ2) is 10.4. The summed E-state index contributed by atoms with van der Waals surface area (Å²) in [5.74, 6) is -2.32. The molecule has 2 rings (SSSR count). The molecule has 0 aliphatic carbocycles. The van der Waals surface area contributed by atoms with Crippen LogP contribution in [-0.2, 0) is 14.3 Å². The number of ether oxygens (including phenoxy) is 2. The van der Waals surface area contributed by atoms with Gasteiger partial charge in [0.25, 0.3) is 0 Å². The Morgan fingerprint density at radius 3 is 2.68 bits per heavy atom. The second-order valence-electron chi connectivity index (χ2n) is 5.91. The molecule has 8 heteroatoms. The van der Waals surface area contributed by atoms with E-state index in [0.717, 1.165) is 11.8 Å². The predicted molar refractivity (Wildman–Crippen MR) is 104 cm³/mol. The van der Waals surface area contributed by atoms with Crippen molar-refractivity contribution in [1.82, 2.24) is 5.32 Å². The van der Waals surface area contributed by atoms with Crippen molar-refractivity contribution in [2.75, 3.05) is 19.0 Å². The third-order valence-electron chi connectivity index (χ3n) is 4.02. The van der Waals surface area contributed by atoms with Gasteiger partial charge in [-0.25, -0.2) is 0 Å². The first kappa shape index (κ1) is 21.3. The highest BCUT2D eigenvalue weighted by Crippen LogP contribution is 2.42. The van der Waals surface area contributed by atoms with Gasteiger partial charge in [0, 0.05) is 5.56 Å². The normalized spacial score (nSPS) is 18.6. The van der Waals surface area contributed by atoms with E-state index in [9.17, 15) is 20.1 Å². The maximum atomic E-state index is 12.5. The fourth-order valence-electron chi connectivity index (χ4n) is 2.83. The number of para-hydroxylation sites is 1. The Bertz CT molecular complexity index is 854. The Kier molecular flexibility index (Phi) is 7.91. The minimum Gasteiger partial charge on any atom is -0.494 e. The van der Waals surface area contributed by atoms with Crippen LogP contribution < -0.4 is 10.1 Å². The molecule has 146 valence electrons. The SMILES string of the molecule is CCCOC(=O)CSC1=C(C#N)[C@@H](c2ccccc2OCC)[C@@H](C#N)C(=O)N1. The number of hydrogen-bond donors (Lipinski definition) is 1. The lowest BCUT2D eigenvalue weighted by Crippen LogP contribution is -2.39. The summed E-state index contributed by atoms with van der Waals surface area (Å²) < 4.78 is 10.7. The number of esters is 1. The average Bonchev–Trinajstić information content (AvgIpc) is 2.70. The number of benzene rings is 1. The van der Waals surface area contributed by atoms with Gasteiger partial charge in [-0.3, -0.25) is 9.59 Å². The van der Waals surface area contributed by atoms with Gasteiger partial charge in [0.1, 0.15) is 11.7 Å². The van der Waals surface area contributed by atoms with Gasteiger partial charge in [-0.15, -0.1) is 0 Å². The van der Waals surface area contributed by atoms with Crippen molar-refractivity contribution in [3.8, 4) is 17.9 Å². The van der Waals surface area contributed by atoms with Gasteiger partial charge in [0.15, 0.2) is 0 Å². The molecule has 0 radical (unpaired) electrons. The summed E-state index contributed by atoms with van der Waals surface area (Å²) in [5, 5.41) is 22.2. The highest BCUT2D eigenvalue weighted by Gasteiger charge is 2.40. The molecule has 28 heavy (non-hydrogen) atoms. The molecule has 0 saturated heterocycles. The second-order valence-corrected chi connectivity index (χ2v) is 6.89. The Labute approximate surface area is 168 Å². The predicted octanol–water partition coefficient (Wildman–Crippen LogP) is 2.86. The lowest BCUT2D eigenvalue weighted by atomic mass is 9.79. The van der Waals surface area contributed by atoms with Crippen LogP contribution in [0.5, 0.6) is 5.75 Å². The summed E-state index contributed by atoms with van der Waals surface area (Å²) in [5.41, 5.74) is 0.820. The van der Waals surface area contributed by atoms with Crippen LogP contribution in [0.25, 0.3) is 0 Å².